The highest BCUT2D eigenvalue weighted by Gasteiger charge is 2.09. The first-order chi connectivity index (χ1) is 10.9. The van der Waals surface area contributed by atoms with Gasteiger partial charge in [0.25, 0.3) is 5.91 Å². The second-order valence-corrected chi connectivity index (χ2v) is 5.25. The Morgan fingerprint density at radius 2 is 2.00 bits per heavy atom. The van der Waals surface area contributed by atoms with Crippen LogP contribution in [-0.4, -0.2) is 31.1 Å². The van der Waals surface area contributed by atoms with E-state index in [-0.39, 0.29) is 0 Å². The summed E-state index contributed by atoms with van der Waals surface area (Å²) in [5.41, 5.74) is 0.580. The Balaban J connectivity index is 2.40. The summed E-state index contributed by atoms with van der Waals surface area (Å²) in [6, 6.07) is 4.17. The lowest BCUT2D eigenvalue weighted by Crippen LogP contribution is -2.41. The highest BCUT2D eigenvalue weighted by Crippen LogP contribution is 2.21. The number of hydrogen-bond donors (Lipinski definition) is 2. The van der Waals surface area contributed by atoms with Gasteiger partial charge in [0.15, 0.2) is 6.61 Å². The average molecular weight is 359 g/mol. The second kappa shape index (κ2) is 9.86. The summed E-state index contributed by atoms with van der Waals surface area (Å²) in [5, 5.41) is 5.35. The number of esters is 1. The van der Waals surface area contributed by atoms with Crippen molar-refractivity contribution in [3.05, 3.63) is 39.9 Å². The smallest absolute Gasteiger partial charge is 0.331 e. The van der Waals surface area contributed by atoms with Gasteiger partial charge < -0.3 is 10.1 Å². The predicted octanol–water partition coefficient (Wildman–Crippen LogP) is 2.79. The number of halogens is 2. The van der Waals surface area contributed by atoms with Crippen LogP contribution in [0, 0.1) is 0 Å². The number of amides is 3. The molecular formula is C15H16Cl2N2O4. The van der Waals surface area contributed by atoms with Crippen molar-refractivity contribution in [2.24, 2.45) is 0 Å². The molecule has 1 aromatic rings. The molecule has 3 amide bonds. The molecule has 0 aromatic heterocycles. The predicted molar refractivity (Wildman–Crippen MR) is 88.3 cm³/mol. The third kappa shape index (κ3) is 7.67. The summed E-state index contributed by atoms with van der Waals surface area (Å²) in [7, 11) is 0. The van der Waals surface area contributed by atoms with Gasteiger partial charge in [-0.2, -0.15) is 0 Å². The van der Waals surface area contributed by atoms with Crippen LogP contribution in [0.1, 0.15) is 18.9 Å². The first-order valence-corrected chi connectivity index (χ1v) is 7.55. The molecule has 8 heteroatoms. The number of carbonyl (C=O) groups is 3. The average Bonchev–Trinajstić information content (AvgIpc) is 2.50. The van der Waals surface area contributed by atoms with Crippen LogP contribution in [0.5, 0.6) is 0 Å². The summed E-state index contributed by atoms with van der Waals surface area (Å²) in [5.74, 6) is -1.45. The van der Waals surface area contributed by atoms with E-state index in [1.54, 1.807) is 12.1 Å². The molecule has 0 fully saturated rings. The van der Waals surface area contributed by atoms with Gasteiger partial charge in [0.1, 0.15) is 0 Å². The Kier molecular flexibility index (Phi) is 8.15. The van der Waals surface area contributed by atoms with Crippen LogP contribution >= 0.6 is 23.2 Å². The van der Waals surface area contributed by atoms with E-state index >= 15 is 0 Å². The monoisotopic (exact) mass is 358 g/mol. The van der Waals surface area contributed by atoms with E-state index < -0.39 is 24.5 Å². The molecule has 0 unspecified atom stereocenters. The Labute approximate surface area is 143 Å². The zero-order valence-electron chi connectivity index (χ0n) is 12.4. The largest absolute Gasteiger partial charge is 0.452 e. The number of nitrogens with one attached hydrogen (secondary N) is 2. The summed E-state index contributed by atoms with van der Waals surface area (Å²) < 4.78 is 4.71. The van der Waals surface area contributed by atoms with Gasteiger partial charge in [0.05, 0.1) is 0 Å². The number of benzene rings is 1. The van der Waals surface area contributed by atoms with Gasteiger partial charge in [-0.05, 0) is 30.2 Å². The maximum Gasteiger partial charge on any atom is 0.331 e. The lowest BCUT2D eigenvalue weighted by molar-refractivity contribution is -0.143. The van der Waals surface area contributed by atoms with Crippen LogP contribution < -0.4 is 10.6 Å². The third-order valence-corrected chi connectivity index (χ3v) is 3.06. The summed E-state index contributed by atoms with van der Waals surface area (Å²) in [4.78, 5) is 34.1. The van der Waals surface area contributed by atoms with Gasteiger partial charge in [-0.25, -0.2) is 9.59 Å². The van der Waals surface area contributed by atoms with Crippen molar-refractivity contribution < 1.29 is 19.1 Å². The number of hydrogen-bond acceptors (Lipinski definition) is 4. The quantitative estimate of drug-likeness (QED) is 0.604. The maximum atomic E-state index is 11.5. The van der Waals surface area contributed by atoms with Gasteiger partial charge in [-0.3, -0.25) is 10.1 Å². The fourth-order valence-corrected chi connectivity index (χ4v) is 1.90. The van der Waals surface area contributed by atoms with Gasteiger partial charge in [0.2, 0.25) is 0 Å². The van der Waals surface area contributed by atoms with Crippen LogP contribution in [0.3, 0.4) is 0 Å². The van der Waals surface area contributed by atoms with E-state index in [9.17, 15) is 14.4 Å². The first kappa shape index (κ1) is 19.0. The molecule has 6 nitrogen and oxygen atoms in total. The van der Waals surface area contributed by atoms with Gasteiger partial charge in [-0.1, -0.05) is 36.2 Å². The molecule has 1 aromatic carbocycles. The number of imide groups is 1. The van der Waals surface area contributed by atoms with Crippen molar-refractivity contribution in [2.45, 2.75) is 13.3 Å². The highest BCUT2D eigenvalue weighted by molar-refractivity contribution is 6.35. The first-order valence-electron chi connectivity index (χ1n) is 6.80. The van der Waals surface area contributed by atoms with Gasteiger partial charge in [0, 0.05) is 22.7 Å². The minimum absolute atomic E-state index is 0.381. The zero-order chi connectivity index (χ0) is 17.2. The molecule has 23 heavy (non-hydrogen) atoms. The Morgan fingerprint density at radius 1 is 1.26 bits per heavy atom. The highest BCUT2D eigenvalue weighted by atomic mass is 35.5. The SMILES string of the molecule is CCCNC(=O)NC(=O)COC(=O)/C=C/c1ccc(Cl)cc1Cl. The second-order valence-electron chi connectivity index (χ2n) is 4.41. The molecule has 2 N–H and O–H groups in total. The topological polar surface area (TPSA) is 84.5 Å². The van der Waals surface area contributed by atoms with Crippen molar-refractivity contribution in [1.82, 2.24) is 10.6 Å². The normalized spacial score (nSPS) is 10.4. The van der Waals surface area contributed by atoms with Crippen molar-refractivity contribution in [3.63, 3.8) is 0 Å². The molecule has 0 atom stereocenters. The van der Waals surface area contributed by atoms with Crippen LogP contribution in [0.4, 0.5) is 4.79 Å². The Bertz CT molecular complexity index is 617. The van der Waals surface area contributed by atoms with E-state index in [0.717, 1.165) is 12.5 Å². The Hall–Kier alpha value is -2.05. The minimum Gasteiger partial charge on any atom is -0.452 e. The summed E-state index contributed by atoms with van der Waals surface area (Å²) in [6.45, 7) is 1.77. The molecule has 0 spiro atoms. The molecule has 0 radical (unpaired) electrons. The molecule has 1 rings (SSSR count). The molecule has 0 aliphatic heterocycles. The van der Waals surface area contributed by atoms with Crippen molar-refractivity contribution >= 4 is 47.2 Å². The van der Waals surface area contributed by atoms with Gasteiger partial charge >= 0.3 is 12.0 Å². The molecule has 0 saturated carbocycles. The number of urea groups is 1. The van der Waals surface area contributed by atoms with Crippen LogP contribution in [0.25, 0.3) is 6.08 Å². The van der Waals surface area contributed by atoms with E-state index in [1.165, 1.54) is 12.1 Å². The van der Waals surface area contributed by atoms with Gasteiger partial charge in [-0.15, -0.1) is 0 Å². The molecular weight excluding hydrogens is 343 g/mol. The van der Waals surface area contributed by atoms with Crippen LogP contribution in [0.2, 0.25) is 10.0 Å². The molecule has 0 saturated heterocycles. The molecule has 0 bridgehead atoms. The third-order valence-electron chi connectivity index (χ3n) is 2.50. The van der Waals surface area contributed by atoms with E-state index in [1.807, 2.05) is 12.2 Å². The summed E-state index contributed by atoms with van der Waals surface area (Å²) >= 11 is 11.7. The lowest BCUT2D eigenvalue weighted by Gasteiger charge is -2.05. The Morgan fingerprint density at radius 3 is 2.65 bits per heavy atom. The van der Waals surface area contributed by atoms with E-state index in [4.69, 9.17) is 27.9 Å². The molecule has 124 valence electrons. The molecule has 0 aliphatic rings. The van der Waals surface area contributed by atoms with Crippen molar-refractivity contribution in [3.8, 4) is 0 Å². The van der Waals surface area contributed by atoms with Crippen LogP contribution in [-0.2, 0) is 14.3 Å². The number of ether oxygens (including phenoxy) is 1. The molecule has 0 aliphatic carbocycles. The zero-order valence-corrected chi connectivity index (χ0v) is 13.9. The van der Waals surface area contributed by atoms with E-state index in [0.29, 0.717) is 22.2 Å². The van der Waals surface area contributed by atoms with Crippen molar-refractivity contribution in [1.29, 1.82) is 0 Å². The standard InChI is InChI=1S/C15H16Cl2N2O4/c1-2-7-18-15(22)19-13(20)9-23-14(21)6-4-10-3-5-11(16)8-12(10)17/h3-6,8H,2,7,9H2,1H3,(H2,18,19,20,22)/b6-4+. The molecule has 0 heterocycles. The minimum atomic E-state index is -0.736. The number of carbonyl (C=O) groups excluding carboxylic acids is 3. The van der Waals surface area contributed by atoms with Crippen LogP contribution in [0.15, 0.2) is 24.3 Å². The van der Waals surface area contributed by atoms with Crippen molar-refractivity contribution in [2.75, 3.05) is 13.2 Å². The fourth-order valence-electron chi connectivity index (χ4n) is 1.42. The van der Waals surface area contributed by atoms with E-state index in [2.05, 4.69) is 5.32 Å². The lowest BCUT2D eigenvalue weighted by atomic mass is 10.2. The number of rotatable bonds is 6. The fraction of sp³-hybridized carbons (Fsp3) is 0.267. The maximum absolute atomic E-state index is 11.5. The summed E-state index contributed by atoms with van der Waals surface area (Å²) in [6.07, 6.45) is 3.31.